The lowest BCUT2D eigenvalue weighted by Crippen LogP contribution is -2.33. The smallest absolute Gasteiger partial charge is 0.120 e. The Balaban J connectivity index is 1.93. The van der Waals surface area contributed by atoms with Gasteiger partial charge in [0.15, 0.2) is 0 Å². The third-order valence-electron chi connectivity index (χ3n) is 4.26. The van der Waals surface area contributed by atoms with Crippen LogP contribution in [0.3, 0.4) is 0 Å². The fourth-order valence-corrected chi connectivity index (χ4v) is 2.75. The quantitative estimate of drug-likeness (QED) is 0.884. The molecule has 3 nitrogen and oxygen atoms in total. The maximum atomic E-state index is 10.00. The van der Waals surface area contributed by atoms with Crippen molar-refractivity contribution in [1.82, 2.24) is 9.80 Å². The highest BCUT2D eigenvalue weighted by atomic mass is 16.3. The Kier molecular flexibility index (Phi) is 4.83. The van der Waals surface area contributed by atoms with Crippen molar-refractivity contribution in [3.05, 3.63) is 29.3 Å². The molecule has 0 aliphatic carbocycles. The number of hydrogen-bond donors (Lipinski definition) is 1. The van der Waals surface area contributed by atoms with E-state index in [0.717, 1.165) is 18.7 Å². The van der Waals surface area contributed by atoms with Crippen LogP contribution in [0.4, 0.5) is 0 Å². The van der Waals surface area contributed by atoms with Crippen molar-refractivity contribution < 1.29 is 5.11 Å². The Morgan fingerprint density at radius 1 is 1.32 bits per heavy atom. The van der Waals surface area contributed by atoms with Crippen molar-refractivity contribution in [2.75, 3.05) is 33.2 Å². The average molecular weight is 262 g/mol. The molecule has 0 radical (unpaired) electrons. The van der Waals surface area contributed by atoms with Crippen molar-refractivity contribution in [1.29, 1.82) is 0 Å². The first-order chi connectivity index (χ1) is 9.08. The second kappa shape index (κ2) is 6.40. The summed E-state index contributed by atoms with van der Waals surface area (Å²) in [5.41, 5.74) is 2.23. The summed E-state index contributed by atoms with van der Waals surface area (Å²) in [6.45, 7) is 8.91. The van der Waals surface area contributed by atoms with Crippen LogP contribution >= 0.6 is 0 Å². The molecule has 0 saturated carbocycles. The molecule has 106 valence electrons. The first-order valence-corrected chi connectivity index (χ1v) is 7.30. The van der Waals surface area contributed by atoms with E-state index in [1.807, 2.05) is 6.07 Å². The Bertz CT molecular complexity index is 413. The van der Waals surface area contributed by atoms with Crippen molar-refractivity contribution in [2.24, 2.45) is 0 Å². The molecule has 1 fully saturated rings. The van der Waals surface area contributed by atoms with Gasteiger partial charge < -0.3 is 10.0 Å². The van der Waals surface area contributed by atoms with E-state index in [2.05, 4.69) is 36.8 Å². The number of likely N-dealkylation sites (tertiary alicyclic amines) is 1. The van der Waals surface area contributed by atoms with Crippen molar-refractivity contribution in [3.8, 4) is 5.75 Å². The largest absolute Gasteiger partial charge is 0.508 e. The molecule has 2 rings (SSSR count). The summed E-state index contributed by atoms with van der Waals surface area (Å²) in [5, 5.41) is 10.00. The van der Waals surface area contributed by atoms with Crippen LogP contribution in [0.5, 0.6) is 5.75 Å². The summed E-state index contributed by atoms with van der Waals surface area (Å²) < 4.78 is 0. The second-order valence-corrected chi connectivity index (χ2v) is 5.77. The molecule has 1 N–H and O–H groups in total. The lowest BCUT2D eigenvalue weighted by molar-refractivity contribution is 0.214. The minimum Gasteiger partial charge on any atom is -0.508 e. The summed E-state index contributed by atoms with van der Waals surface area (Å²) in [7, 11) is 2.14. The van der Waals surface area contributed by atoms with Crippen LogP contribution in [0, 0.1) is 6.92 Å². The third-order valence-corrected chi connectivity index (χ3v) is 4.26. The van der Waals surface area contributed by atoms with E-state index < -0.39 is 0 Å². The first kappa shape index (κ1) is 14.4. The number of aromatic hydroxyl groups is 1. The second-order valence-electron chi connectivity index (χ2n) is 5.77. The zero-order valence-corrected chi connectivity index (χ0v) is 12.4. The van der Waals surface area contributed by atoms with Crippen molar-refractivity contribution in [3.63, 3.8) is 0 Å². The summed E-state index contributed by atoms with van der Waals surface area (Å²) in [6.07, 6.45) is 2.69. The fraction of sp³-hybridized carbons (Fsp3) is 0.625. The van der Waals surface area contributed by atoms with Gasteiger partial charge in [0.05, 0.1) is 0 Å². The van der Waals surface area contributed by atoms with E-state index in [1.54, 1.807) is 6.07 Å². The topological polar surface area (TPSA) is 26.7 Å². The Morgan fingerprint density at radius 2 is 2.00 bits per heavy atom. The standard InChI is InChI=1S/C16H26N2O/c1-13-6-7-16(19)15(12-13)14(2)17(3)10-11-18-8-4-5-9-18/h6-7,12,14,19H,4-5,8-11H2,1-3H3. The molecule has 1 unspecified atom stereocenters. The third kappa shape index (κ3) is 3.71. The number of nitrogens with zero attached hydrogens (tertiary/aromatic N) is 2. The summed E-state index contributed by atoms with van der Waals surface area (Å²) in [5.74, 6) is 0.408. The molecule has 3 heteroatoms. The van der Waals surface area contributed by atoms with Gasteiger partial charge in [-0.05, 0) is 52.9 Å². The highest BCUT2D eigenvalue weighted by molar-refractivity contribution is 5.37. The van der Waals surface area contributed by atoms with Crippen LogP contribution in [-0.2, 0) is 0 Å². The van der Waals surface area contributed by atoms with E-state index in [-0.39, 0.29) is 6.04 Å². The van der Waals surface area contributed by atoms with Crippen LogP contribution in [0.2, 0.25) is 0 Å². The average Bonchev–Trinajstić information content (AvgIpc) is 2.91. The monoisotopic (exact) mass is 262 g/mol. The molecule has 1 aliphatic rings. The fourth-order valence-electron chi connectivity index (χ4n) is 2.75. The molecule has 0 bridgehead atoms. The molecule has 19 heavy (non-hydrogen) atoms. The van der Waals surface area contributed by atoms with Crippen molar-refractivity contribution >= 4 is 0 Å². The van der Waals surface area contributed by atoms with Gasteiger partial charge in [-0.2, -0.15) is 0 Å². The number of phenolic OH excluding ortho intramolecular Hbond substituents is 1. The van der Waals surface area contributed by atoms with Gasteiger partial charge >= 0.3 is 0 Å². The minimum absolute atomic E-state index is 0.252. The van der Waals surface area contributed by atoms with Gasteiger partial charge in [0.25, 0.3) is 0 Å². The van der Waals surface area contributed by atoms with Gasteiger partial charge in [0.1, 0.15) is 5.75 Å². The van der Waals surface area contributed by atoms with Gasteiger partial charge in [0.2, 0.25) is 0 Å². The van der Waals surface area contributed by atoms with E-state index >= 15 is 0 Å². The maximum absolute atomic E-state index is 10.00. The minimum atomic E-state index is 0.252. The normalized spacial score (nSPS) is 18.1. The van der Waals surface area contributed by atoms with E-state index in [4.69, 9.17) is 0 Å². The van der Waals surface area contributed by atoms with Crippen LogP contribution in [0.1, 0.15) is 36.9 Å². The van der Waals surface area contributed by atoms with Crippen LogP contribution in [-0.4, -0.2) is 48.1 Å². The zero-order chi connectivity index (χ0) is 13.8. The number of aryl methyl sites for hydroxylation is 1. The molecule has 1 atom stereocenters. The predicted molar refractivity (Wildman–Crippen MR) is 79.6 cm³/mol. The van der Waals surface area contributed by atoms with Crippen LogP contribution in [0.15, 0.2) is 18.2 Å². The number of benzene rings is 1. The maximum Gasteiger partial charge on any atom is 0.120 e. The number of likely N-dealkylation sites (N-methyl/N-ethyl adjacent to an activating group) is 1. The Morgan fingerprint density at radius 3 is 2.68 bits per heavy atom. The molecular weight excluding hydrogens is 236 g/mol. The molecular formula is C16H26N2O. The number of phenols is 1. The summed E-state index contributed by atoms with van der Waals surface area (Å²) in [6, 6.07) is 6.10. The zero-order valence-electron chi connectivity index (χ0n) is 12.4. The van der Waals surface area contributed by atoms with Gasteiger partial charge in [-0.15, -0.1) is 0 Å². The van der Waals surface area contributed by atoms with E-state index in [0.29, 0.717) is 5.75 Å². The van der Waals surface area contributed by atoms with Crippen LogP contribution in [0.25, 0.3) is 0 Å². The van der Waals surface area contributed by atoms with Gasteiger partial charge in [0, 0.05) is 24.7 Å². The lowest BCUT2D eigenvalue weighted by atomic mass is 10.0. The number of hydrogen-bond acceptors (Lipinski definition) is 3. The van der Waals surface area contributed by atoms with Crippen LogP contribution < -0.4 is 0 Å². The lowest BCUT2D eigenvalue weighted by Gasteiger charge is -2.28. The molecule has 0 aromatic heterocycles. The summed E-state index contributed by atoms with van der Waals surface area (Å²) >= 11 is 0. The van der Waals surface area contributed by atoms with Crippen molar-refractivity contribution in [2.45, 2.75) is 32.7 Å². The molecule has 1 aromatic rings. The molecule has 0 amide bonds. The molecule has 1 aliphatic heterocycles. The summed E-state index contributed by atoms with van der Waals surface area (Å²) in [4.78, 5) is 4.85. The highest BCUT2D eigenvalue weighted by Crippen LogP contribution is 2.28. The highest BCUT2D eigenvalue weighted by Gasteiger charge is 2.17. The molecule has 0 spiro atoms. The Hall–Kier alpha value is -1.06. The predicted octanol–water partition coefficient (Wildman–Crippen LogP) is 2.79. The molecule has 1 aromatic carbocycles. The molecule has 1 heterocycles. The van der Waals surface area contributed by atoms with Gasteiger partial charge in [-0.3, -0.25) is 4.90 Å². The van der Waals surface area contributed by atoms with Gasteiger partial charge in [-0.25, -0.2) is 0 Å². The first-order valence-electron chi connectivity index (χ1n) is 7.30. The van der Waals surface area contributed by atoms with Gasteiger partial charge in [-0.1, -0.05) is 17.7 Å². The number of rotatable bonds is 5. The van der Waals surface area contributed by atoms with E-state index in [1.165, 1.54) is 31.5 Å². The SMILES string of the molecule is Cc1ccc(O)c(C(C)N(C)CCN2CCCC2)c1. The molecule has 1 saturated heterocycles. The Labute approximate surface area is 116 Å². The van der Waals surface area contributed by atoms with E-state index in [9.17, 15) is 5.11 Å².